The molecule has 0 aromatic heterocycles. The summed E-state index contributed by atoms with van der Waals surface area (Å²) in [7, 11) is 0. The van der Waals surface area contributed by atoms with Crippen molar-refractivity contribution in [2.45, 2.75) is 64.4 Å². The zero-order valence-electron chi connectivity index (χ0n) is 12.8. The Hall–Kier alpha value is -0.890. The van der Waals surface area contributed by atoms with Crippen LogP contribution >= 0.6 is 0 Å². The summed E-state index contributed by atoms with van der Waals surface area (Å²) in [5, 5.41) is 10.6. The summed E-state index contributed by atoms with van der Waals surface area (Å²) in [6, 6.07) is 0. The maximum Gasteiger partial charge on any atom is 0.156 e. The van der Waals surface area contributed by atoms with Crippen LogP contribution in [0.3, 0.4) is 0 Å². The lowest BCUT2D eigenvalue weighted by Crippen LogP contribution is -2.45. The number of fused-ring (bicyclic) bond motifs is 2. The predicted octanol–water partition coefficient (Wildman–Crippen LogP) is 3.55. The summed E-state index contributed by atoms with van der Waals surface area (Å²) >= 11 is 0. The summed E-state index contributed by atoms with van der Waals surface area (Å²) in [5.41, 5.74) is 5.18. The lowest BCUT2D eigenvalue weighted by molar-refractivity contribution is -0.114. The highest BCUT2D eigenvalue weighted by atomic mass is 16.3. The Morgan fingerprint density at radius 1 is 1.24 bits per heavy atom. The molecule has 112 valence electrons. The van der Waals surface area contributed by atoms with Gasteiger partial charge in [0.1, 0.15) is 0 Å². The topological polar surface area (TPSA) is 37.3 Å². The van der Waals surface area contributed by atoms with Crippen molar-refractivity contribution in [3.8, 4) is 0 Å². The van der Waals surface area contributed by atoms with Crippen molar-refractivity contribution >= 4 is 5.78 Å². The first kappa shape index (κ1) is 12.6. The number of hydrogen-bond acceptors (Lipinski definition) is 2. The van der Waals surface area contributed by atoms with Crippen LogP contribution in [-0.4, -0.2) is 17.0 Å². The van der Waals surface area contributed by atoms with E-state index in [9.17, 15) is 9.90 Å². The molecule has 0 unspecified atom stereocenters. The van der Waals surface area contributed by atoms with Gasteiger partial charge in [-0.25, -0.2) is 0 Å². The van der Waals surface area contributed by atoms with Crippen LogP contribution in [0.25, 0.3) is 0 Å². The molecule has 3 saturated carbocycles. The second-order valence-electron chi connectivity index (χ2n) is 8.34. The van der Waals surface area contributed by atoms with Crippen molar-refractivity contribution in [2.75, 3.05) is 0 Å². The van der Waals surface area contributed by atoms with Crippen LogP contribution in [0, 0.1) is 22.7 Å². The lowest BCUT2D eigenvalue weighted by Gasteiger charge is -2.51. The zero-order valence-corrected chi connectivity index (χ0v) is 12.8. The standard InChI is InChI=1S/C19H24O2/c1-18-7-6-15-14-4-3-13(20)8-11(14)2-5-16(15)19(18)10-12(19)9-17(18)21/h8,12,16-17,21H,2-7,9-10H2,1H3/t12-,16-,17-,18-,19+/m1/s1. The van der Waals surface area contributed by atoms with Crippen LogP contribution in [0.1, 0.15) is 58.3 Å². The van der Waals surface area contributed by atoms with Crippen LogP contribution < -0.4 is 0 Å². The van der Waals surface area contributed by atoms with Gasteiger partial charge in [-0.3, -0.25) is 4.79 Å². The number of allylic oxidation sites excluding steroid dienone is 4. The molecular weight excluding hydrogens is 260 g/mol. The number of rotatable bonds is 0. The minimum Gasteiger partial charge on any atom is -0.393 e. The maximum atomic E-state index is 11.7. The SMILES string of the molecule is C[C@]12CCC3=C4CCC(=O)C=C4CC[C@H]3[C@@]13C[C@H]3C[C@H]2O. The monoisotopic (exact) mass is 284 g/mol. The molecule has 0 aromatic rings. The van der Waals surface area contributed by atoms with Gasteiger partial charge in [0.05, 0.1) is 6.10 Å². The molecule has 5 rings (SSSR count). The van der Waals surface area contributed by atoms with Crippen molar-refractivity contribution in [3.63, 3.8) is 0 Å². The molecule has 0 amide bonds. The van der Waals surface area contributed by atoms with E-state index in [1.165, 1.54) is 18.4 Å². The molecule has 0 radical (unpaired) electrons. The van der Waals surface area contributed by atoms with Crippen molar-refractivity contribution in [3.05, 3.63) is 22.8 Å². The summed E-state index contributed by atoms with van der Waals surface area (Å²) in [5.74, 6) is 1.81. The minimum atomic E-state index is -0.0762. The van der Waals surface area contributed by atoms with Gasteiger partial charge >= 0.3 is 0 Å². The number of ketones is 1. The minimum absolute atomic E-state index is 0.0762. The van der Waals surface area contributed by atoms with Crippen LogP contribution in [-0.2, 0) is 4.79 Å². The predicted molar refractivity (Wildman–Crippen MR) is 80.6 cm³/mol. The van der Waals surface area contributed by atoms with Gasteiger partial charge in [-0.2, -0.15) is 0 Å². The van der Waals surface area contributed by atoms with E-state index >= 15 is 0 Å². The molecule has 5 atom stereocenters. The second kappa shape index (κ2) is 3.71. The normalized spacial score (nSPS) is 50.9. The van der Waals surface area contributed by atoms with Gasteiger partial charge < -0.3 is 5.11 Å². The number of aliphatic hydroxyl groups excluding tert-OH is 1. The third-order valence-corrected chi connectivity index (χ3v) is 7.85. The van der Waals surface area contributed by atoms with Crippen LogP contribution in [0.5, 0.6) is 0 Å². The molecule has 2 nitrogen and oxygen atoms in total. The zero-order chi connectivity index (χ0) is 14.4. The van der Waals surface area contributed by atoms with E-state index in [4.69, 9.17) is 0 Å². The summed E-state index contributed by atoms with van der Waals surface area (Å²) in [4.78, 5) is 11.7. The third-order valence-electron chi connectivity index (χ3n) is 7.85. The first-order valence-electron chi connectivity index (χ1n) is 8.70. The maximum absolute atomic E-state index is 11.7. The Bertz CT molecular complexity index is 613. The van der Waals surface area contributed by atoms with Crippen LogP contribution in [0.4, 0.5) is 0 Å². The first-order valence-corrected chi connectivity index (χ1v) is 8.70. The Kier molecular flexibility index (Phi) is 2.23. The van der Waals surface area contributed by atoms with E-state index in [0.717, 1.165) is 38.0 Å². The fourth-order valence-electron chi connectivity index (χ4n) is 6.73. The number of carbonyl (C=O) groups is 1. The molecular formula is C19H24O2. The van der Waals surface area contributed by atoms with Gasteiger partial charge in [-0.15, -0.1) is 0 Å². The van der Waals surface area contributed by atoms with E-state index in [2.05, 4.69) is 6.92 Å². The molecule has 1 spiro atoms. The van der Waals surface area contributed by atoms with Crippen molar-refractivity contribution < 1.29 is 9.90 Å². The molecule has 1 N–H and O–H groups in total. The summed E-state index contributed by atoms with van der Waals surface area (Å²) < 4.78 is 0. The average molecular weight is 284 g/mol. The number of hydrogen-bond donors (Lipinski definition) is 1. The van der Waals surface area contributed by atoms with Gasteiger partial charge in [-0.05, 0) is 79.4 Å². The van der Waals surface area contributed by atoms with E-state index in [-0.39, 0.29) is 11.5 Å². The summed E-state index contributed by atoms with van der Waals surface area (Å²) in [6.45, 7) is 2.36. The van der Waals surface area contributed by atoms with Crippen LogP contribution in [0.2, 0.25) is 0 Å². The largest absolute Gasteiger partial charge is 0.393 e. The van der Waals surface area contributed by atoms with Crippen molar-refractivity contribution in [1.29, 1.82) is 0 Å². The average Bonchev–Trinajstić information content (AvgIpc) is 3.12. The highest BCUT2D eigenvalue weighted by Crippen LogP contribution is 2.81. The highest BCUT2D eigenvalue weighted by Gasteiger charge is 2.76. The lowest BCUT2D eigenvalue weighted by atomic mass is 9.54. The molecule has 0 aromatic carbocycles. The van der Waals surface area contributed by atoms with E-state index < -0.39 is 0 Å². The van der Waals surface area contributed by atoms with Gasteiger partial charge in [0.2, 0.25) is 0 Å². The fraction of sp³-hybridized carbons (Fsp3) is 0.737. The molecule has 0 aliphatic heterocycles. The highest BCUT2D eigenvalue weighted by molar-refractivity contribution is 5.93. The smallest absolute Gasteiger partial charge is 0.156 e. The molecule has 0 heterocycles. The molecule has 3 fully saturated rings. The number of carbonyl (C=O) groups excluding carboxylic acids is 1. The van der Waals surface area contributed by atoms with Gasteiger partial charge in [0, 0.05) is 11.8 Å². The molecule has 5 aliphatic rings. The fourth-order valence-corrected chi connectivity index (χ4v) is 6.73. The second-order valence-corrected chi connectivity index (χ2v) is 8.34. The molecule has 0 bridgehead atoms. The molecule has 5 aliphatic carbocycles. The van der Waals surface area contributed by atoms with E-state index in [0.29, 0.717) is 23.5 Å². The Morgan fingerprint density at radius 2 is 2.10 bits per heavy atom. The van der Waals surface area contributed by atoms with Crippen molar-refractivity contribution in [1.82, 2.24) is 0 Å². The van der Waals surface area contributed by atoms with E-state index in [1.54, 1.807) is 11.1 Å². The van der Waals surface area contributed by atoms with Gasteiger partial charge in [0.25, 0.3) is 0 Å². The van der Waals surface area contributed by atoms with Crippen LogP contribution in [0.15, 0.2) is 22.8 Å². The van der Waals surface area contributed by atoms with Crippen molar-refractivity contribution in [2.24, 2.45) is 22.7 Å². The molecule has 21 heavy (non-hydrogen) atoms. The quantitative estimate of drug-likeness (QED) is 0.738. The molecule has 0 saturated heterocycles. The Labute approximate surface area is 126 Å². The first-order chi connectivity index (χ1) is 10.1. The Balaban J connectivity index is 1.63. The molecule has 2 heteroatoms. The third kappa shape index (κ3) is 1.32. The summed E-state index contributed by atoms with van der Waals surface area (Å²) in [6.07, 6.45) is 10.6. The number of aliphatic hydroxyl groups is 1. The Morgan fingerprint density at radius 3 is 2.95 bits per heavy atom. The van der Waals surface area contributed by atoms with E-state index in [1.807, 2.05) is 6.08 Å². The van der Waals surface area contributed by atoms with Gasteiger partial charge in [-0.1, -0.05) is 12.5 Å². The van der Waals surface area contributed by atoms with Gasteiger partial charge in [0.15, 0.2) is 5.78 Å².